The van der Waals surface area contributed by atoms with E-state index in [2.05, 4.69) is 4.74 Å². The Morgan fingerprint density at radius 1 is 1.33 bits per heavy atom. The molecular weight excluding hydrogens is 264 g/mol. The molecular formula is C10H10O7S. The van der Waals surface area contributed by atoms with E-state index in [1.807, 2.05) is 0 Å². The summed E-state index contributed by atoms with van der Waals surface area (Å²) in [5.74, 6) is -2.34. The van der Waals surface area contributed by atoms with Crippen LogP contribution in [0.5, 0.6) is 0 Å². The van der Waals surface area contributed by atoms with Crippen molar-refractivity contribution in [1.82, 2.24) is 0 Å². The van der Waals surface area contributed by atoms with Gasteiger partial charge in [0.05, 0.1) is 17.7 Å². The van der Waals surface area contributed by atoms with E-state index in [1.165, 1.54) is 6.92 Å². The smallest absolute Gasteiger partial charge is 0.339 e. The van der Waals surface area contributed by atoms with Gasteiger partial charge in [-0.15, -0.1) is 0 Å². The summed E-state index contributed by atoms with van der Waals surface area (Å²) in [6.45, 7) is 1.54. The number of carbonyl (C=O) groups is 2. The Morgan fingerprint density at radius 3 is 2.39 bits per heavy atom. The molecule has 0 aliphatic heterocycles. The molecule has 2 N–H and O–H groups in total. The van der Waals surface area contributed by atoms with Crippen LogP contribution in [0.1, 0.15) is 27.6 Å². The molecule has 1 aromatic rings. The zero-order chi connectivity index (χ0) is 13.9. The van der Waals surface area contributed by atoms with E-state index in [0.29, 0.717) is 6.07 Å². The van der Waals surface area contributed by atoms with Gasteiger partial charge in [-0.1, -0.05) is 0 Å². The number of benzene rings is 1. The van der Waals surface area contributed by atoms with Gasteiger partial charge in [-0.2, -0.15) is 8.42 Å². The van der Waals surface area contributed by atoms with Crippen molar-refractivity contribution >= 4 is 22.1 Å². The first-order chi connectivity index (χ1) is 8.27. The highest BCUT2D eigenvalue weighted by molar-refractivity contribution is 7.86. The van der Waals surface area contributed by atoms with Crippen LogP contribution in [-0.2, 0) is 14.9 Å². The van der Waals surface area contributed by atoms with Crippen molar-refractivity contribution in [2.75, 3.05) is 6.61 Å². The van der Waals surface area contributed by atoms with E-state index >= 15 is 0 Å². The number of rotatable bonds is 4. The van der Waals surface area contributed by atoms with Gasteiger partial charge in [0.1, 0.15) is 4.90 Å². The molecule has 0 radical (unpaired) electrons. The number of carboxylic acids is 1. The zero-order valence-electron chi connectivity index (χ0n) is 9.28. The van der Waals surface area contributed by atoms with E-state index in [0.717, 1.165) is 12.1 Å². The maximum absolute atomic E-state index is 11.4. The van der Waals surface area contributed by atoms with Crippen LogP contribution in [0, 0.1) is 0 Å². The van der Waals surface area contributed by atoms with Gasteiger partial charge in [0.25, 0.3) is 10.1 Å². The zero-order valence-corrected chi connectivity index (χ0v) is 10.1. The van der Waals surface area contributed by atoms with Crippen LogP contribution in [0.4, 0.5) is 0 Å². The fraction of sp³-hybridized carbons (Fsp3) is 0.200. The first-order valence-corrected chi connectivity index (χ1v) is 6.23. The highest BCUT2D eigenvalue weighted by Crippen LogP contribution is 2.19. The number of aromatic carboxylic acids is 1. The van der Waals surface area contributed by atoms with Gasteiger partial charge in [-0.3, -0.25) is 4.55 Å². The van der Waals surface area contributed by atoms with Gasteiger partial charge in [0.15, 0.2) is 0 Å². The number of carboxylic acid groups (broad SMARTS) is 1. The minimum absolute atomic E-state index is 0.0183. The normalized spacial score (nSPS) is 11.0. The molecule has 0 bridgehead atoms. The van der Waals surface area contributed by atoms with Crippen molar-refractivity contribution in [3.63, 3.8) is 0 Å². The van der Waals surface area contributed by atoms with Gasteiger partial charge >= 0.3 is 11.9 Å². The molecule has 18 heavy (non-hydrogen) atoms. The number of hydrogen-bond acceptors (Lipinski definition) is 5. The molecule has 0 saturated heterocycles. The summed E-state index contributed by atoms with van der Waals surface area (Å²) < 4.78 is 35.8. The summed E-state index contributed by atoms with van der Waals surface area (Å²) in [6.07, 6.45) is 0. The molecule has 1 rings (SSSR count). The molecule has 98 valence electrons. The monoisotopic (exact) mass is 274 g/mol. The molecule has 0 aromatic heterocycles. The maximum atomic E-state index is 11.4. The van der Waals surface area contributed by atoms with E-state index in [1.54, 1.807) is 0 Å². The molecule has 1 aromatic carbocycles. The predicted molar refractivity (Wildman–Crippen MR) is 59.2 cm³/mol. The number of carbonyl (C=O) groups excluding carboxylic acids is 1. The lowest BCUT2D eigenvalue weighted by molar-refractivity contribution is 0.0520. The molecule has 0 unspecified atom stereocenters. The maximum Gasteiger partial charge on any atom is 0.339 e. The summed E-state index contributed by atoms with van der Waals surface area (Å²) in [5.41, 5.74) is -0.778. The lowest BCUT2D eigenvalue weighted by atomic mass is 10.1. The summed E-state index contributed by atoms with van der Waals surface area (Å²) in [4.78, 5) is 21.4. The number of ether oxygens (including phenoxy) is 1. The van der Waals surface area contributed by atoms with Gasteiger partial charge in [0, 0.05) is 0 Å². The van der Waals surface area contributed by atoms with E-state index in [4.69, 9.17) is 9.66 Å². The van der Waals surface area contributed by atoms with Gasteiger partial charge < -0.3 is 9.84 Å². The van der Waals surface area contributed by atoms with Crippen molar-refractivity contribution in [3.05, 3.63) is 29.3 Å². The van der Waals surface area contributed by atoms with Crippen molar-refractivity contribution in [2.24, 2.45) is 0 Å². The lowest BCUT2D eigenvalue weighted by Crippen LogP contribution is -2.13. The third-order valence-corrected chi connectivity index (χ3v) is 2.90. The third kappa shape index (κ3) is 3.05. The molecule has 0 saturated carbocycles. The topological polar surface area (TPSA) is 118 Å². The molecule has 0 spiro atoms. The van der Waals surface area contributed by atoms with Gasteiger partial charge in [-0.05, 0) is 25.1 Å². The summed E-state index contributed by atoms with van der Waals surface area (Å²) in [6, 6.07) is 2.72. The first kappa shape index (κ1) is 14.1. The lowest BCUT2D eigenvalue weighted by Gasteiger charge is -2.07. The summed E-state index contributed by atoms with van der Waals surface area (Å²) in [5, 5.41) is 8.72. The Kier molecular flexibility index (Phi) is 4.04. The minimum Gasteiger partial charge on any atom is -0.478 e. The van der Waals surface area contributed by atoms with Crippen LogP contribution in [0.3, 0.4) is 0 Å². The van der Waals surface area contributed by atoms with Crippen molar-refractivity contribution < 1.29 is 32.4 Å². The van der Waals surface area contributed by atoms with Crippen molar-refractivity contribution in [2.45, 2.75) is 11.8 Å². The van der Waals surface area contributed by atoms with Crippen LogP contribution in [-0.4, -0.2) is 36.6 Å². The van der Waals surface area contributed by atoms with Crippen molar-refractivity contribution in [1.29, 1.82) is 0 Å². The Balaban J connectivity index is 3.44. The van der Waals surface area contributed by atoms with Crippen LogP contribution in [0.15, 0.2) is 23.1 Å². The van der Waals surface area contributed by atoms with Crippen LogP contribution in [0.2, 0.25) is 0 Å². The first-order valence-electron chi connectivity index (χ1n) is 4.79. The van der Waals surface area contributed by atoms with E-state index < -0.39 is 32.5 Å². The molecule has 0 aliphatic carbocycles. The molecule has 0 aliphatic rings. The average molecular weight is 274 g/mol. The molecule has 0 fully saturated rings. The molecule has 7 nitrogen and oxygen atoms in total. The molecule has 8 heteroatoms. The SMILES string of the molecule is CCOC(=O)c1ccc(C(=O)O)cc1S(=O)(=O)O. The highest BCUT2D eigenvalue weighted by atomic mass is 32.2. The Hall–Kier alpha value is -1.93. The number of esters is 1. The summed E-state index contributed by atoms with van der Waals surface area (Å²) >= 11 is 0. The van der Waals surface area contributed by atoms with Gasteiger partial charge in [-0.25, -0.2) is 9.59 Å². The highest BCUT2D eigenvalue weighted by Gasteiger charge is 2.23. The van der Waals surface area contributed by atoms with Crippen LogP contribution < -0.4 is 0 Å². The van der Waals surface area contributed by atoms with E-state index in [-0.39, 0.29) is 12.2 Å². The fourth-order valence-electron chi connectivity index (χ4n) is 1.25. The number of hydrogen-bond donors (Lipinski definition) is 2. The minimum atomic E-state index is -4.72. The van der Waals surface area contributed by atoms with Gasteiger partial charge in [0.2, 0.25) is 0 Å². The molecule has 0 heterocycles. The molecule has 0 atom stereocenters. The second kappa shape index (κ2) is 5.15. The largest absolute Gasteiger partial charge is 0.478 e. The van der Waals surface area contributed by atoms with E-state index in [9.17, 15) is 18.0 Å². The van der Waals surface area contributed by atoms with Crippen LogP contribution in [0.25, 0.3) is 0 Å². The second-order valence-electron chi connectivity index (χ2n) is 3.21. The Bertz CT molecular complexity index is 588. The predicted octanol–water partition coefficient (Wildman–Crippen LogP) is 0.808. The standard InChI is InChI=1S/C10H10O7S/c1-2-17-10(13)7-4-3-6(9(11)12)5-8(7)18(14,15)16/h3-5H,2H2,1H3,(H,11,12)(H,14,15,16). The second-order valence-corrected chi connectivity index (χ2v) is 4.60. The summed E-state index contributed by atoms with van der Waals surface area (Å²) in [7, 11) is -4.72. The van der Waals surface area contributed by atoms with Crippen molar-refractivity contribution in [3.8, 4) is 0 Å². The average Bonchev–Trinajstić information content (AvgIpc) is 2.27. The Morgan fingerprint density at radius 2 is 1.94 bits per heavy atom. The molecule has 0 amide bonds. The van der Waals surface area contributed by atoms with Crippen LogP contribution >= 0.6 is 0 Å². The third-order valence-electron chi connectivity index (χ3n) is 2.00. The quantitative estimate of drug-likeness (QED) is 0.616. The Labute approximate surface area is 103 Å². The fourth-order valence-corrected chi connectivity index (χ4v) is 1.95.